The highest BCUT2D eigenvalue weighted by atomic mass is 28.5. The lowest BCUT2D eigenvalue weighted by Gasteiger charge is -2.45. The topological polar surface area (TPSA) is 137 Å². The van der Waals surface area contributed by atoms with Crippen molar-refractivity contribution < 1.29 is 61.7 Å². The summed E-state index contributed by atoms with van der Waals surface area (Å²) in [7, 11) is -6.38. The van der Waals surface area contributed by atoms with Gasteiger partial charge in [-0.15, -0.1) is 0 Å². The monoisotopic (exact) mass is 770 g/mol. The molecule has 0 rings (SSSR count). The third-order valence-corrected chi connectivity index (χ3v) is 34.7. The average Bonchev–Trinajstić information content (AvgIpc) is 3.00. The third-order valence-electron chi connectivity index (χ3n) is 7.50. The maximum Gasteiger partial charge on any atom is 0.509 e. The predicted octanol–water partition coefficient (Wildman–Crippen LogP) is 4.26. The minimum atomic E-state index is -3.79. The SMILES string of the molecule is CCC(=O)OC[Si](O[Si](C)(C)CC[Si](OC)(OC)OC)(O[Si](C)(C)CC[Si](OC)(OC)OC)O[Si](C)(C)C[Si](OC)(OC)OC. The van der Waals surface area contributed by atoms with Crippen LogP contribution >= 0.6 is 0 Å². The van der Waals surface area contributed by atoms with Crippen molar-refractivity contribution in [2.24, 2.45) is 0 Å². The van der Waals surface area contributed by atoms with Gasteiger partial charge in [-0.1, -0.05) is 6.92 Å². The number of hydrogen-bond donors (Lipinski definition) is 0. The maximum absolute atomic E-state index is 12.6. The summed E-state index contributed by atoms with van der Waals surface area (Å²) in [5.74, 6) is -0.371. The van der Waals surface area contributed by atoms with Crippen LogP contribution in [-0.4, -0.2) is 136 Å². The lowest BCUT2D eigenvalue weighted by Crippen LogP contribution is -2.66. The van der Waals surface area contributed by atoms with Crippen LogP contribution in [0.3, 0.4) is 0 Å². The molecule has 21 heteroatoms. The van der Waals surface area contributed by atoms with Gasteiger partial charge < -0.3 is 56.9 Å². The molecule has 0 fully saturated rings. The van der Waals surface area contributed by atoms with Crippen LogP contribution in [0.1, 0.15) is 13.3 Å². The van der Waals surface area contributed by atoms with Gasteiger partial charge in [0.25, 0.3) is 0 Å². The number of esters is 1. The van der Waals surface area contributed by atoms with E-state index in [-0.39, 0.29) is 18.6 Å². The molecule has 0 saturated heterocycles. The molecular formula is C24H62O14Si7. The normalized spacial score (nSPS) is 14.2. The molecule has 0 aromatic carbocycles. The summed E-state index contributed by atoms with van der Waals surface area (Å²) in [5.41, 5.74) is 0.427. The van der Waals surface area contributed by atoms with Gasteiger partial charge in [0.05, 0.1) is 0 Å². The van der Waals surface area contributed by atoms with Gasteiger partial charge in [-0.2, -0.15) is 0 Å². The van der Waals surface area contributed by atoms with Crippen molar-refractivity contribution >= 4 is 66.1 Å². The van der Waals surface area contributed by atoms with E-state index in [0.717, 1.165) is 0 Å². The Labute approximate surface area is 279 Å². The second-order valence-corrected chi connectivity index (χ2v) is 38.2. The average molecular weight is 771 g/mol. The van der Waals surface area contributed by atoms with Crippen molar-refractivity contribution in [1.82, 2.24) is 0 Å². The van der Waals surface area contributed by atoms with Gasteiger partial charge in [0, 0.05) is 88.2 Å². The van der Waals surface area contributed by atoms with Gasteiger partial charge in [0.15, 0.2) is 31.2 Å². The lowest BCUT2D eigenvalue weighted by molar-refractivity contribution is -0.142. The van der Waals surface area contributed by atoms with Crippen LogP contribution in [0, 0.1) is 0 Å². The largest absolute Gasteiger partial charge is 0.509 e. The van der Waals surface area contributed by atoms with Crippen molar-refractivity contribution in [3.05, 3.63) is 0 Å². The Balaban J connectivity index is 6.92. The molecule has 0 aromatic heterocycles. The summed E-state index contributed by atoms with van der Waals surface area (Å²) in [6, 6.07) is 2.32. The molecule has 0 saturated carbocycles. The molecule has 0 aliphatic rings. The van der Waals surface area contributed by atoms with Gasteiger partial charge in [0.2, 0.25) is 0 Å². The second-order valence-electron chi connectivity index (χ2n) is 12.3. The van der Waals surface area contributed by atoms with Crippen molar-refractivity contribution in [3.63, 3.8) is 0 Å². The highest BCUT2D eigenvalue weighted by molar-refractivity contribution is 6.94. The number of hydrogen-bond acceptors (Lipinski definition) is 14. The van der Waals surface area contributed by atoms with Gasteiger partial charge in [-0.25, -0.2) is 0 Å². The Morgan fingerprint density at radius 3 is 1.04 bits per heavy atom. The lowest BCUT2D eigenvalue weighted by atomic mass is 10.5. The molecule has 0 N–H and O–H groups in total. The number of carbonyl (C=O) groups is 1. The molecule has 45 heavy (non-hydrogen) atoms. The van der Waals surface area contributed by atoms with Gasteiger partial charge in [0.1, 0.15) is 0 Å². The molecule has 270 valence electrons. The van der Waals surface area contributed by atoms with Crippen LogP contribution < -0.4 is 0 Å². The first kappa shape index (κ1) is 45.5. The fourth-order valence-electron chi connectivity index (χ4n) is 4.83. The molecule has 0 spiro atoms. The minimum Gasteiger partial charge on any atom is -0.461 e. The maximum atomic E-state index is 12.6. The fourth-order valence-corrected chi connectivity index (χ4v) is 35.3. The van der Waals surface area contributed by atoms with Crippen molar-refractivity contribution in [1.29, 1.82) is 0 Å². The van der Waals surface area contributed by atoms with Crippen LogP contribution in [0.2, 0.25) is 69.1 Å². The van der Waals surface area contributed by atoms with Crippen LogP contribution in [0.25, 0.3) is 0 Å². The van der Waals surface area contributed by atoms with Gasteiger partial charge in [-0.3, -0.25) is 4.79 Å². The molecule has 0 heterocycles. The van der Waals surface area contributed by atoms with E-state index < -0.39 is 60.2 Å². The Bertz CT molecular complexity index is 793. The summed E-state index contributed by atoms with van der Waals surface area (Å²) in [5, 5.41) is 0. The number of carbonyl (C=O) groups excluding carboxylic acids is 1. The predicted molar refractivity (Wildman–Crippen MR) is 187 cm³/mol. The van der Waals surface area contributed by atoms with Gasteiger partial charge >= 0.3 is 41.2 Å². The molecule has 0 aliphatic heterocycles. The summed E-state index contributed by atoms with van der Waals surface area (Å²) in [6.07, 6.45) is 0.0700. The van der Waals surface area contributed by atoms with Crippen molar-refractivity contribution in [3.8, 4) is 0 Å². The quantitative estimate of drug-likeness (QED) is 0.0916. The van der Waals surface area contributed by atoms with Crippen LogP contribution in [0.15, 0.2) is 0 Å². The highest BCUT2D eigenvalue weighted by Crippen LogP contribution is 2.35. The molecule has 0 atom stereocenters. The molecule has 0 bridgehead atoms. The van der Waals surface area contributed by atoms with Crippen molar-refractivity contribution in [2.75, 3.05) is 70.2 Å². The first-order chi connectivity index (χ1) is 20.7. The van der Waals surface area contributed by atoms with Crippen molar-refractivity contribution in [2.45, 2.75) is 82.5 Å². The summed E-state index contributed by atoms with van der Waals surface area (Å²) in [4.78, 5) is 12.6. The smallest absolute Gasteiger partial charge is 0.461 e. The van der Waals surface area contributed by atoms with E-state index in [1.807, 2.05) is 13.1 Å². The fraction of sp³-hybridized carbons (Fsp3) is 0.958. The van der Waals surface area contributed by atoms with E-state index in [9.17, 15) is 4.79 Å². The zero-order valence-corrected chi connectivity index (χ0v) is 37.7. The van der Waals surface area contributed by atoms with E-state index in [2.05, 4.69) is 26.2 Å². The zero-order valence-electron chi connectivity index (χ0n) is 30.7. The molecule has 0 unspecified atom stereocenters. The van der Waals surface area contributed by atoms with E-state index in [1.54, 1.807) is 70.9 Å². The number of ether oxygens (including phenoxy) is 1. The Morgan fingerprint density at radius 1 is 0.444 bits per heavy atom. The first-order valence-corrected chi connectivity index (χ1v) is 32.0. The van der Waals surface area contributed by atoms with Crippen LogP contribution in [0.4, 0.5) is 0 Å². The second kappa shape index (κ2) is 19.6. The van der Waals surface area contributed by atoms with Crippen LogP contribution in [0.5, 0.6) is 0 Å². The molecule has 0 aliphatic carbocycles. The van der Waals surface area contributed by atoms with E-state index in [4.69, 9.17) is 56.9 Å². The summed E-state index contributed by atoms with van der Waals surface area (Å²) >= 11 is 0. The minimum absolute atomic E-state index is 0.132. The molecule has 0 radical (unpaired) electrons. The molecule has 0 amide bonds. The number of rotatable bonds is 26. The first-order valence-electron chi connectivity index (χ1n) is 15.0. The molecular weight excluding hydrogens is 709 g/mol. The molecule has 0 aromatic rings. The molecule has 14 nitrogen and oxygen atoms in total. The van der Waals surface area contributed by atoms with E-state index in [1.165, 1.54) is 0 Å². The Kier molecular flexibility index (Phi) is 19.9. The standard InChI is InChI=1S/C24H62O14Si7/c1-17-24(25)35-22-44(38-41(15,16)23-45(32-8,33-9)34-10,36-39(11,12)18-20-42(26-2,27-3)28-4)37-40(13,14)19-21-43(29-5,30-6)31-7/h17-23H2,1-16H3. The Hall–Kier alpha value is 0.508. The zero-order chi connectivity index (χ0) is 35.2. The third kappa shape index (κ3) is 14.9. The van der Waals surface area contributed by atoms with Gasteiger partial charge in [-0.05, 0) is 51.4 Å². The van der Waals surface area contributed by atoms with E-state index in [0.29, 0.717) is 29.8 Å². The summed E-state index contributed by atoms with van der Waals surface area (Å²) in [6.45, 7) is 14.2. The Morgan fingerprint density at radius 2 is 0.756 bits per heavy atom. The van der Waals surface area contributed by atoms with E-state index >= 15 is 0 Å². The summed E-state index contributed by atoms with van der Waals surface area (Å²) < 4.78 is 78.7. The highest BCUT2D eigenvalue weighted by Gasteiger charge is 2.57. The van der Waals surface area contributed by atoms with Crippen LogP contribution in [-0.2, 0) is 61.7 Å².